The number of rotatable bonds is 7. The Balaban J connectivity index is 3.10. The Morgan fingerprint density at radius 2 is 2.10 bits per heavy atom. The van der Waals surface area contributed by atoms with Gasteiger partial charge in [-0.25, -0.2) is 21.9 Å². The zero-order valence-electron chi connectivity index (χ0n) is 10.6. The lowest BCUT2D eigenvalue weighted by molar-refractivity contribution is 0.158. The van der Waals surface area contributed by atoms with Crippen LogP contribution < -0.4 is 4.72 Å². The molecule has 1 rings (SSSR count). The van der Waals surface area contributed by atoms with Crippen molar-refractivity contribution in [1.29, 1.82) is 0 Å². The van der Waals surface area contributed by atoms with E-state index in [1.54, 1.807) is 0 Å². The summed E-state index contributed by atoms with van der Waals surface area (Å²) >= 11 is 2.82. The molecule has 0 radical (unpaired) electrons. The van der Waals surface area contributed by atoms with E-state index in [9.17, 15) is 17.2 Å². The number of nitrogens with one attached hydrogen (secondary N) is 1. The van der Waals surface area contributed by atoms with Crippen molar-refractivity contribution in [3.05, 3.63) is 28.2 Å². The molecule has 0 aliphatic rings. The number of methoxy groups -OCH3 is 1. The summed E-state index contributed by atoms with van der Waals surface area (Å²) in [5.41, 5.74) is 0. The van der Waals surface area contributed by atoms with Crippen LogP contribution in [0.25, 0.3) is 0 Å². The van der Waals surface area contributed by atoms with Crippen molar-refractivity contribution in [3.8, 4) is 0 Å². The first-order valence-electron chi connectivity index (χ1n) is 5.58. The highest BCUT2D eigenvalue weighted by Gasteiger charge is 2.26. The zero-order valence-corrected chi connectivity index (χ0v) is 13.0. The van der Waals surface area contributed by atoms with E-state index in [4.69, 9.17) is 9.84 Å². The Morgan fingerprint density at radius 1 is 1.45 bits per heavy atom. The number of aliphatic hydroxyl groups excluding tert-OH is 1. The second-order valence-corrected chi connectivity index (χ2v) is 6.49. The number of aliphatic hydroxyl groups is 1. The molecule has 0 aliphatic carbocycles. The maximum atomic E-state index is 13.7. The maximum Gasteiger partial charge on any atom is 0.244 e. The molecule has 2 N–H and O–H groups in total. The van der Waals surface area contributed by atoms with E-state index < -0.39 is 32.6 Å². The van der Waals surface area contributed by atoms with Crippen molar-refractivity contribution >= 4 is 26.0 Å². The van der Waals surface area contributed by atoms with E-state index in [2.05, 4.69) is 20.7 Å². The molecule has 1 atom stereocenters. The molecule has 20 heavy (non-hydrogen) atoms. The Kier molecular flexibility index (Phi) is 6.46. The average Bonchev–Trinajstić information content (AvgIpc) is 2.26. The maximum absolute atomic E-state index is 13.7. The Hall–Kier alpha value is -0.610. The topological polar surface area (TPSA) is 75.6 Å². The summed E-state index contributed by atoms with van der Waals surface area (Å²) in [7, 11) is -2.84. The second kappa shape index (κ2) is 7.41. The predicted molar refractivity (Wildman–Crippen MR) is 71.7 cm³/mol. The minimum atomic E-state index is -4.21. The van der Waals surface area contributed by atoms with Gasteiger partial charge in [0, 0.05) is 30.3 Å². The molecule has 0 amide bonds. The van der Waals surface area contributed by atoms with Crippen molar-refractivity contribution in [2.75, 3.05) is 20.3 Å². The molecule has 0 saturated heterocycles. The van der Waals surface area contributed by atoms with E-state index in [1.165, 1.54) is 7.11 Å². The highest BCUT2D eigenvalue weighted by molar-refractivity contribution is 9.10. The summed E-state index contributed by atoms with van der Waals surface area (Å²) in [6.07, 6.45) is 0.105. The Morgan fingerprint density at radius 3 is 2.60 bits per heavy atom. The van der Waals surface area contributed by atoms with Gasteiger partial charge in [0.05, 0.1) is 6.61 Å². The van der Waals surface area contributed by atoms with E-state index >= 15 is 0 Å². The number of hydrogen-bond donors (Lipinski definition) is 2. The molecule has 0 bridgehead atoms. The van der Waals surface area contributed by atoms with Gasteiger partial charge in [-0.15, -0.1) is 0 Å². The van der Waals surface area contributed by atoms with Gasteiger partial charge in [-0.2, -0.15) is 0 Å². The van der Waals surface area contributed by atoms with Crippen molar-refractivity contribution in [2.45, 2.75) is 17.4 Å². The van der Waals surface area contributed by atoms with Crippen LogP contribution in [-0.2, 0) is 14.8 Å². The first-order valence-corrected chi connectivity index (χ1v) is 7.86. The summed E-state index contributed by atoms with van der Waals surface area (Å²) in [6, 6.07) is 0.623. The summed E-state index contributed by atoms with van der Waals surface area (Å²) in [5.74, 6) is -2.10. The lowest BCUT2D eigenvalue weighted by atomic mass is 10.2. The molecular formula is C11H14BrF2NO4S. The molecule has 5 nitrogen and oxygen atoms in total. The third-order valence-corrected chi connectivity index (χ3v) is 4.88. The fraction of sp³-hybridized carbons (Fsp3) is 0.455. The minimum absolute atomic E-state index is 0.0141. The summed E-state index contributed by atoms with van der Waals surface area (Å²) in [5, 5.41) is 8.85. The van der Waals surface area contributed by atoms with Crippen LogP contribution in [0.1, 0.15) is 6.42 Å². The van der Waals surface area contributed by atoms with Gasteiger partial charge in [0.1, 0.15) is 16.5 Å². The highest BCUT2D eigenvalue weighted by Crippen LogP contribution is 2.26. The lowest BCUT2D eigenvalue weighted by Gasteiger charge is -2.17. The van der Waals surface area contributed by atoms with Crippen molar-refractivity contribution < 1.29 is 27.0 Å². The third kappa shape index (κ3) is 4.45. The van der Waals surface area contributed by atoms with Crippen LogP contribution >= 0.6 is 15.9 Å². The van der Waals surface area contributed by atoms with Gasteiger partial charge in [0.25, 0.3) is 0 Å². The van der Waals surface area contributed by atoms with E-state index in [1.807, 2.05) is 0 Å². The predicted octanol–water partition coefficient (Wildman–Crippen LogP) is 1.40. The van der Waals surface area contributed by atoms with Gasteiger partial charge in [-0.1, -0.05) is 0 Å². The Bertz CT molecular complexity index is 539. The van der Waals surface area contributed by atoms with Crippen LogP contribution in [-0.4, -0.2) is 39.9 Å². The molecule has 0 aromatic heterocycles. The number of sulfonamides is 1. The van der Waals surface area contributed by atoms with Crippen molar-refractivity contribution in [1.82, 2.24) is 4.72 Å². The van der Waals surface area contributed by atoms with Gasteiger partial charge in [0.2, 0.25) is 10.0 Å². The van der Waals surface area contributed by atoms with Crippen LogP contribution in [0.15, 0.2) is 21.5 Å². The van der Waals surface area contributed by atoms with Crippen molar-refractivity contribution in [3.63, 3.8) is 0 Å². The summed E-state index contributed by atoms with van der Waals surface area (Å²) in [6.45, 7) is -0.246. The third-order valence-electron chi connectivity index (χ3n) is 2.40. The van der Waals surface area contributed by atoms with Crippen molar-refractivity contribution in [2.24, 2.45) is 0 Å². The molecule has 1 unspecified atom stereocenters. The van der Waals surface area contributed by atoms with Crippen LogP contribution in [0.5, 0.6) is 0 Å². The molecule has 0 spiro atoms. The normalized spacial score (nSPS) is 13.4. The lowest BCUT2D eigenvalue weighted by Crippen LogP contribution is -2.39. The van der Waals surface area contributed by atoms with Gasteiger partial charge in [-0.3, -0.25) is 0 Å². The Labute approximate surface area is 124 Å². The smallest absolute Gasteiger partial charge is 0.244 e. The average molecular weight is 374 g/mol. The van der Waals surface area contributed by atoms with Crippen LogP contribution in [0.4, 0.5) is 8.78 Å². The summed E-state index contributed by atoms with van der Waals surface area (Å²) < 4.78 is 57.6. The number of halogens is 3. The molecule has 0 heterocycles. The van der Waals surface area contributed by atoms with Crippen LogP contribution in [0.3, 0.4) is 0 Å². The van der Waals surface area contributed by atoms with E-state index in [0.29, 0.717) is 6.07 Å². The quantitative estimate of drug-likeness (QED) is 0.757. The molecular weight excluding hydrogens is 360 g/mol. The molecule has 1 aromatic rings. The monoisotopic (exact) mass is 373 g/mol. The molecule has 9 heteroatoms. The second-order valence-electron chi connectivity index (χ2n) is 3.98. The summed E-state index contributed by atoms with van der Waals surface area (Å²) in [4.78, 5) is -0.682. The number of hydrogen-bond acceptors (Lipinski definition) is 4. The molecule has 1 aromatic carbocycles. The fourth-order valence-corrected chi connectivity index (χ4v) is 4.02. The van der Waals surface area contributed by atoms with Gasteiger partial charge < -0.3 is 9.84 Å². The molecule has 0 saturated carbocycles. The molecule has 114 valence electrons. The van der Waals surface area contributed by atoms with Gasteiger partial charge in [-0.05, 0) is 28.4 Å². The highest BCUT2D eigenvalue weighted by atomic mass is 79.9. The van der Waals surface area contributed by atoms with Gasteiger partial charge >= 0.3 is 0 Å². The van der Waals surface area contributed by atoms with Crippen LogP contribution in [0, 0.1) is 11.6 Å². The number of benzene rings is 1. The SMILES string of the molecule is COCC(CCO)NS(=O)(=O)c1c(F)cc(F)cc1Br. The molecule has 0 aliphatic heterocycles. The largest absolute Gasteiger partial charge is 0.396 e. The first kappa shape index (κ1) is 17.4. The zero-order chi connectivity index (χ0) is 15.3. The molecule has 0 fully saturated rings. The van der Waals surface area contributed by atoms with E-state index in [-0.39, 0.29) is 24.1 Å². The standard InChI is InChI=1S/C11H14BrF2NO4S/c1-19-6-8(2-3-16)15-20(17,18)11-9(12)4-7(13)5-10(11)14/h4-5,8,15-16H,2-3,6H2,1H3. The van der Waals surface area contributed by atoms with E-state index in [0.717, 1.165) is 6.07 Å². The minimum Gasteiger partial charge on any atom is -0.396 e. The van der Waals surface area contributed by atoms with Crippen LogP contribution in [0.2, 0.25) is 0 Å². The number of ether oxygens (including phenoxy) is 1. The fourth-order valence-electron chi connectivity index (χ4n) is 1.60. The van der Waals surface area contributed by atoms with Gasteiger partial charge in [0.15, 0.2) is 0 Å². The first-order chi connectivity index (χ1) is 9.31.